The first-order valence-corrected chi connectivity index (χ1v) is 44.5. The molecule has 25 aromatic rings. The second kappa shape index (κ2) is 30.4. The number of hydrogen-bond acceptors (Lipinski definition) is 4. The molecule has 616 valence electrons. The molecular formula is C120H84N8O2. The van der Waals surface area contributed by atoms with E-state index in [0.717, 1.165) is 85.6 Å². The zero-order chi connectivity index (χ0) is 86.3. The summed E-state index contributed by atoms with van der Waals surface area (Å²) in [6.07, 6.45) is 6.51. The van der Waals surface area contributed by atoms with Crippen LogP contribution in [0.4, 0.5) is 34.1 Å². The summed E-state index contributed by atoms with van der Waals surface area (Å²) in [6, 6.07) is 151. The van der Waals surface area contributed by atoms with E-state index in [0.29, 0.717) is 0 Å². The maximum Gasteiger partial charge on any atom is 0.151 e. The van der Waals surface area contributed by atoms with Gasteiger partial charge in [0.05, 0.1) is 72.4 Å². The lowest BCUT2D eigenvalue weighted by atomic mass is 9.92. The molecule has 0 unspecified atom stereocenters. The standard InChI is InChI=1S/2C40H29N3O.C40H26N2/c1-26-15-17-35-39(21-26)44-40-22-27(2)16-18-36(40)43(35)31-12-8-11-30(24-31)42-34-14-7-6-13-32(34)33-23-28-19-20-41(37(28)25-38(33)42)29-9-4-3-5-10-29;1-26-12-18-35-39(22-26)44-40-23-27(2)13-19-36(40)43(35)31-16-14-30(15-17-31)42-34-11-7-6-10-32(34)33-24-28-20-21-41(37(28)25-38(33)42)29-8-4-3-5-9-29;1-2-12-31(13-3-1)41-23-22-30-25-36-35-16-8-9-17-37(35)42(39(36)26-38(30)41)32-20-18-27(19-21-32)40-33-14-6-4-10-28(33)24-29-11-5-7-15-34(29)40/h2*3-25H,1-2H3;1-26H. The Bertz CT molecular complexity index is 8690. The van der Waals surface area contributed by atoms with E-state index in [9.17, 15) is 0 Å². The lowest BCUT2D eigenvalue weighted by molar-refractivity contribution is 0.476. The smallest absolute Gasteiger partial charge is 0.151 e. The van der Waals surface area contributed by atoms with Gasteiger partial charge in [0.25, 0.3) is 0 Å². The molecule has 0 aliphatic carbocycles. The minimum absolute atomic E-state index is 0.870. The van der Waals surface area contributed by atoms with Crippen LogP contribution >= 0.6 is 0 Å². The van der Waals surface area contributed by atoms with Gasteiger partial charge in [0.2, 0.25) is 0 Å². The summed E-state index contributed by atoms with van der Waals surface area (Å²) in [6.45, 7) is 8.41. The van der Waals surface area contributed by atoms with Gasteiger partial charge in [-0.1, -0.05) is 200 Å². The van der Waals surface area contributed by atoms with Crippen LogP contribution in [0.5, 0.6) is 23.0 Å². The van der Waals surface area contributed by atoms with Crippen molar-refractivity contribution in [3.05, 3.63) is 459 Å². The van der Waals surface area contributed by atoms with Crippen molar-refractivity contribution in [1.29, 1.82) is 0 Å². The second-order valence-electron chi connectivity index (χ2n) is 34.4. The highest BCUT2D eigenvalue weighted by atomic mass is 16.5. The molecule has 0 saturated heterocycles. The Labute approximate surface area is 750 Å². The summed E-state index contributed by atoms with van der Waals surface area (Å²) >= 11 is 0. The number of aromatic nitrogens is 6. The monoisotopic (exact) mass is 1670 g/mol. The van der Waals surface area contributed by atoms with Crippen LogP contribution in [0, 0.1) is 27.7 Å². The number of rotatable bonds is 9. The highest BCUT2D eigenvalue weighted by Gasteiger charge is 2.30. The van der Waals surface area contributed by atoms with Gasteiger partial charge < -0.3 is 46.7 Å². The fourth-order valence-electron chi connectivity index (χ4n) is 20.3. The summed E-state index contributed by atoms with van der Waals surface area (Å²) in [7, 11) is 0. The van der Waals surface area contributed by atoms with E-state index in [1.807, 2.05) is 0 Å². The van der Waals surface area contributed by atoms with Gasteiger partial charge >= 0.3 is 0 Å². The fourth-order valence-corrected chi connectivity index (χ4v) is 20.3. The van der Waals surface area contributed by atoms with Crippen LogP contribution < -0.4 is 19.3 Å². The molecule has 0 spiro atoms. The van der Waals surface area contributed by atoms with Crippen molar-refractivity contribution in [2.75, 3.05) is 9.80 Å². The molecule has 27 rings (SSSR count). The van der Waals surface area contributed by atoms with Gasteiger partial charge in [0.15, 0.2) is 23.0 Å². The first-order chi connectivity index (χ1) is 64.1. The van der Waals surface area contributed by atoms with Crippen molar-refractivity contribution in [1.82, 2.24) is 27.4 Å². The van der Waals surface area contributed by atoms with Gasteiger partial charge in [-0.2, -0.15) is 0 Å². The third kappa shape index (κ3) is 12.5. The van der Waals surface area contributed by atoms with Crippen LogP contribution in [0.2, 0.25) is 0 Å². The molecule has 130 heavy (non-hydrogen) atoms. The van der Waals surface area contributed by atoms with Gasteiger partial charge in [-0.05, 0) is 301 Å². The number of benzene rings is 19. The van der Waals surface area contributed by atoms with Crippen molar-refractivity contribution in [2.45, 2.75) is 27.7 Å². The summed E-state index contributed by atoms with van der Waals surface area (Å²) in [5.74, 6) is 3.49. The minimum atomic E-state index is 0.870. The molecule has 0 bridgehead atoms. The van der Waals surface area contributed by atoms with Crippen molar-refractivity contribution >= 4 is 154 Å². The zero-order valence-corrected chi connectivity index (χ0v) is 72.0. The topological polar surface area (TPSA) is 54.5 Å². The van der Waals surface area contributed by atoms with E-state index in [2.05, 4.69) is 502 Å². The third-order valence-electron chi connectivity index (χ3n) is 26.3. The number of fused-ring (bicyclic) bond motifs is 18. The van der Waals surface area contributed by atoms with Crippen LogP contribution in [0.25, 0.3) is 165 Å². The number of ether oxygens (including phenoxy) is 2. The fraction of sp³-hybridized carbons (Fsp3) is 0.0333. The molecule has 10 heteroatoms. The molecule has 0 saturated carbocycles. The Morgan fingerprint density at radius 1 is 0.177 bits per heavy atom. The average molecular weight is 1670 g/mol. The van der Waals surface area contributed by atoms with Gasteiger partial charge in [-0.15, -0.1) is 0 Å². The molecule has 19 aromatic carbocycles. The molecule has 0 fully saturated rings. The van der Waals surface area contributed by atoms with Gasteiger partial charge in [-0.3, -0.25) is 0 Å². The van der Waals surface area contributed by atoms with Crippen LogP contribution in [0.1, 0.15) is 22.3 Å². The van der Waals surface area contributed by atoms with Gasteiger partial charge in [0, 0.05) is 113 Å². The number of nitrogens with zero attached hydrogens (tertiary/aromatic N) is 8. The van der Waals surface area contributed by atoms with Crippen molar-refractivity contribution in [3.63, 3.8) is 0 Å². The first kappa shape index (κ1) is 75.4. The van der Waals surface area contributed by atoms with E-state index >= 15 is 0 Å². The lowest BCUT2D eigenvalue weighted by Gasteiger charge is -2.33. The van der Waals surface area contributed by atoms with Crippen LogP contribution in [0.15, 0.2) is 437 Å². The number of hydrogen-bond donors (Lipinski definition) is 0. The summed E-state index contributed by atoms with van der Waals surface area (Å²) < 4.78 is 26.9. The quantitative estimate of drug-likeness (QED) is 0.135. The molecule has 0 amide bonds. The van der Waals surface area contributed by atoms with Gasteiger partial charge in [0.1, 0.15) is 0 Å². The predicted octanol–water partition coefficient (Wildman–Crippen LogP) is 32.5. The lowest BCUT2D eigenvalue weighted by Crippen LogP contribution is -2.16. The highest BCUT2D eigenvalue weighted by Crippen LogP contribution is 2.54. The maximum absolute atomic E-state index is 6.44. The number of para-hydroxylation sites is 6. The normalized spacial score (nSPS) is 12.2. The number of anilines is 6. The zero-order valence-electron chi connectivity index (χ0n) is 72.0. The van der Waals surface area contributed by atoms with E-state index in [1.54, 1.807) is 0 Å². The molecule has 8 heterocycles. The Hall–Kier alpha value is -17.1. The van der Waals surface area contributed by atoms with Crippen LogP contribution in [-0.4, -0.2) is 27.4 Å². The molecule has 2 aliphatic rings. The molecular weight excluding hydrogens is 1590 g/mol. The molecule has 2 aliphatic heterocycles. The van der Waals surface area contributed by atoms with Crippen LogP contribution in [0.3, 0.4) is 0 Å². The largest absolute Gasteiger partial charge is 0.453 e. The summed E-state index contributed by atoms with van der Waals surface area (Å²) in [5, 5.41) is 16.3. The molecule has 10 nitrogen and oxygen atoms in total. The molecule has 6 aromatic heterocycles. The summed E-state index contributed by atoms with van der Waals surface area (Å²) in [4.78, 5) is 4.63. The molecule has 0 atom stereocenters. The third-order valence-corrected chi connectivity index (χ3v) is 26.3. The van der Waals surface area contributed by atoms with E-state index < -0.39 is 0 Å². The van der Waals surface area contributed by atoms with E-state index in [4.69, 9.17) is 9.47 Å². The summed E-state index contributed by atoms with van der Waals surface area (Å²) in [5.41, 5.74) is 31.2. The molecule has 0 N–H and O–H groups in total. The predicted molar refractivity (Wildman–Crippen MR) is 542 cm³/mol. The van der Waals surface area contributed by atoms with E-state index in [-0.39, 0.29) is 0 Å². The Kier molecular flexibility index (Phi) is 17.6. The minimum Gasteiger partial charge on any atom is -0.453 e. The second-order valence-corrected chi connectivity index (χ2v) is 34.4. The number of aryl methyl sites for hydroxylation is 4. The van der Waals surface area contributed by atoms with Gasteiger partial charge in [-0.25, -0.2) is 0 Å². The highest BCUT2D eigenvalue weighted by molar-refractivity contribution is 6.18. The van der Waals surface area contributed by atoms with Crippen molar-refractivity contribution < 1.29 is 9.47 Å². The SMILES string of the molecule is Cc1ccc2c(c1)Oc1cc(C)ccc1N2c1ccc(-n2c3ccccc3c3cc4ccn(-c5ccccc5)c4cc32)cc1.Cc1ccc2c(c1)Oc1cc(C)ccc1N2c1cccc(-n2c3ccccc3c3cc4ccn(-c5ccccc5)c4cc32)c1.c1ccc(-n2ccc3cc4c5ccccc5n(-c5ccc(-c6c7ccccc7cc7ccccc67)cc5)c4cc32)cc1. The maximum atomic E-state index is 6.44. The Morgan fingerprint density at radius 3 is 0.869 bits per heavy atom. The van der Waals surface area contributed by atoms with Crippen LogP contribution in [-0.2, 0) is 0 Å². The molecule has 0 radical (unpaired) electrons. The Morgan fingerprint density at radius 2 is 0.485 bits per heavy atom. The van der Waals surface area contributed by atoms with Crippen molar-refractivity contribution in [2.24, 2.45) is 0 Å². The van der Waals surface area contributed by atoms with E-state index in [1.165, 1.54) is 159 Å². The average Bonchev–Trinajstić information content (AvgIpc) is 1.59. The Balaban J connectivity index is 0.000000105. The van der Waals surface area contributed by atoms with Crippen molar-refractivity contribution in [3.8, 4) is 68.2 Å². The first-order valence-electron chi connectivity index (χ1n) is 44.5.